The molecule has 0 aliphatic heterocycles. The summed E-state index contributed by atoms with van der Waals surface area (Å²) in [6.07, 6.45) is 2.35. The Kier molecular flexibility index (Phi) is 6.42. The topological polar surface area (TPSA) is 9.23 Å². The molecule has 24 heavy (non-hydrogen) atoms. The highest BCUT2D eigenvalue weighted by atomic mass is 28.4. The number of benzene rings is 2. The molecule has 2 heteroatoms. The summed E-state index contributed by atoms with van der Waals surface area (Å²) in [7, 11) is -2.32. The predicted molar refractivity (Wildman–Crippen MR) is 108 cm³/mol. The predicted octanol–water partition coefficient (Wildman–Crippen LogP) is 5.00. The highest BCUT2D eigenvalue weighted by molar-refractivity contribution is 6.99. The lowest BCUT2D eigenvalue weighted by Crippen LogP contribution is -2.66. The fraction of sp³-hybridized carbons (Fsp3) is 0.455. The largest absolute Gasteiger partial charge is 0.407 e. The normalized spacial score (nSPS) is 12.6. The molecule has 0 aliphatic rings. The van der Waals surface area contributed by atoms with Crippen LogP contribution in [0.15, 0.2) is 60.7 Å². The lowest BCUT2D eigenvalue weighted by Gasteiger charge is -2.43. The van der Waals surface area contributed by atoms with Crippen molar-refractivity contribution in [1.29, 1.82) is 0 Å². The molecule has 0 radical (unpaired) electrons. The zero-order valence-electron chi connectivity index (χ0n) is 15.9. The van der Waals surface area contributed by atoms with Gasteiger partial charge in [-0.15, -0.1) is 0 Å². The highest BCUT2D eigenvalue weighted by Gasteiger charge is 2.49. The molecule has 0 bridgehead atoms. The Bertz CT molecular complexity index is 559. The van der Waals surface area contributed by atoms with Gasteiger partial charge in [0.05, 0.1) is 0 Å². The summed E-state index contributed by atoms with van der Waals surface area (Å²) in [5.74, 6) is 0.729. The van der Waals surface area contributed by atoms with Crippen LogP contribution in [0, 0.1) is 5.92 Å². The van der Waals surface area contributed by atoms with Gasteiger partial charge in [0.1, 0.15) is 0 Å². The first-order valence-electron chi connectivity index (χ1n) is 9.13. The Morgan fingerprint density at radius 1 is 0.833 bits per heavy atom. The maximum atomic E-state index is 6.86. The second kappa shape index (κ2) is 8.13. The summed E-state index contributed by atoms with van der Waals surface area (Å²) in [6.45, 7) is 12.4. The van der Waals surface area contributed by atoms with Crippen LogP contribution in [0.1, 0.15) is 47.5 Å². The molecule has 0 heterocycles. The Morgan fingerprint density at radius 2 is 1.29 bits per heavy atom. The van der Waals surface area contributed by atoms with Crippen LogP contribution in [0.5, 0.6) is 0 Å². The molecule has 1 nitrogen and oxygen atoms in total. The van der Waals surface area contributed by atoms with Crippen LogP contribution in [0.3, 0.4) is 0 Å². The highest BCUT2D eigenvalue weighted by Crippen LogP contribution is 2.36. The van der Waals surface area contributed by atoms with Gasteiger partial charge in [-0.25, -0.2) is 0 Å². The molecule has 0 aliphatic carbocycles. The van der Waals surface area contributed by atoms with Gasteiger partial charge < -0.3 is 4.43 Å². The third-order valence-corrected chi connectivity index (χ3v) is 9.70. The van der Waals surface area contributed by atoms with Crippen molar-refractivity contribution in [3.05, 3.63) is 60.7 Å². The molecule has 0 N–H and O–H groups in total. The molecule has 2 aromatic rings. The fourth-order valence-corrected chi connectivity index (χ4v) is 8.08. The van der Waals surface area contributed by atoms with Crippen LogP contribution in [-0.2, 0) is 4.43 Å². The molecule has 2 rings (SSSR count). The van der Waals surface area contributed by atoms with Crippen molar-refractivity contribution in [2.24, 2.45) is 5.92 Å². The lowest BCUT2D eigenvalue weighted by molar-refractivity contribution is 0.280. The Balaban J connectivity index is 2.45. The SMILES string of the molecule is CC(C)CCCO[Si](c1ccccc1)(c1ccccc1)C(C)(C)C. The van der Waals surface area contributed by atoms with E-state index >= 15 is 0 Å². The third kappa shape index (κ3) is 4.17. The van der Waals surface area contributed by atoms with Gasteiger partial charge in [-0.1, -0.05) is 95.3 Å². The molecule has 0 amide bonds. The van der Waals surface area contributed by atoms with E-state index in [0.29, 0.717) is 0 Å². The first kappa shape index (κ1) is 18.9. The second-order valence-electron chi connectivity index (χ2n) is 8.05. The molecule has 0 spiro atoms. The average Bonchev–Trinajstić information content (AvgIpc) is 2.55. The molecule has 0 saturated carbocycles. The van der Waals surface area contributed by atoms with Gasteiger partial charge >= 0.3 is 0 Å². The summed E-state index contributed by atoms with van der Waals surface area (Å²) in [5, 5.41) is 2.81. The monoisotopic (exact) mass is 340 g/mol. The molecule has 0 aromatic heterocycles. The lowest BCUT2D eigenvalue weighted by atomic mass is 10.1. The summed E-state index contributed by atoms with van der Waals surface area (Å²) in [6, 6.07) is 21.8. The second-order valence-corrected chi connectivity index (χ2v) is 12.4. The van der Waals surface area contributed by atoms with Gasteiger partial charge in [-0.05, 0) is 34.2 Å². The smallest absolute Gasteiger partial charge is 0.261 e. The van der Waals surface area contributed by atoms with Crippen molar-refractivity contribution in [2.75, 3.05) is 6.61 Å². The van der Waals surface area contributed by atoms with Crippen LogP contribution in [0.25, 0.3) is 0 Å². The third-order valence-electron chi connectivity index (χ3n) is 4.66. The molecule has 0 saturated heterocycles. The van der Waals surface area contributed by atoms with Crippen molar-refractivity contribution >= 4 is 18.7 Å². The molecule has 130 valence electrons. The van der Waals surface area contributed by atoms with Gasteiger partial charge in [0, 0.05) is 6.61 Å². The minimum atomic E-state index is -2.32. The first-order valence-corrected chi connectivity index (χ1v) is 11.0. The Morgan fingerprint density at radius 3 is 1.67 bits per heavy atom. The average molecular weight is 341 g/mol. The minimum absolute atomic E-state index is 0.0769. The van der Waals surface area contributed by atoms with E-state index in [4.69, 9.17) is 4.43 Å². The van der Waals surface area contributed by atoms with E-state index in [0.717, 1.165) is 18.9 Å². The van der Waals surface area contributed by atoms with Crippen LogP contribution in [-0.4, -0.2) is 14.9 Å². The summed E-state index contributed by atoms with van der Waals surface area (Å²) >= 11 is 0. The standard InChI is InChI=1S/C22H32OSi/c1-19(2)13-12-18-23-24(22(3,4)5,20-14-8-6-9-15-20)21-16-10-7-11-17-21/h6-11,14-17,19H,12-13,18H2,1-5H3. The molecular formula is C22H32OSi. The van der Waals surface area contributed by atoms with Gasteiger partial charge in [0.2, 0.25) is 0 Å². The molecule has 0 unspecified atom stereocenters. The molecule has 0 atom stereocenters. The van der Waals surface area contributed by atoms with E-state index in [1.54, 1.807) is 0 Å². The van der Waals surface area contributed by atoms with E-state index in [-0.39, 0.29) is 5.04 Å². The zero-order valence-corrected chi connectivity index (χ0v) is 16.9. The van der Waals surface area contributed by atoms with Crippen molar-refractivity contribution in [3.63, 3.8) is 0 Å². The van der Waals surface area contributed by atoms with E-state index in [1.165, 1.54) is 16.8 Å². The van der Waals surface area contributed by atoms with Crippen LogP contribution in [0.2, 0.25) is 5.04 Å². The van der Waals surface area contributed by atoms with E-state index in [1.807, 2.05) is 0 Å². The molecule has 0 fully saturated rings. The van der Waals surface area contributed by atoms with Crippen molar-refractivity contribution in [1.82, 2.24) is 0 Å². The van der Waals surface area contributed by atoms with Gasteiger partial charge in [0.15, 0.2) is 0 Å². The van der Waals surface area contributed by atoms with Crippen LogP contribution in [0.4, 0.5) is 0 Å². The molecular weight excluding hydrogens is 308 g/mol. The Hall–Kier alpha value is -1.38. The fourth-order valence-electron chi connectivity index (χ4n) is 3.48. The van der Waals surface area contributed by atoms with Crippen molar-refractivity contribution in [3.8, 4) is 0 Å². The number of hydrogen-bond donors (Lipinski definition) is 0. The van der Waals surface area contributed by atoms with Crippen molar-refractivity contribution in [2.45, 2.75) is 52.5 Å². The maximum absolute atomic E-state index is 6.86. The maximum Gasteiger partial charge on any atom is 0.261 e. The van der Waals surface area contributed by atoms with Crippen LogP contribution >= 0.6 is 0 Å². The number of rotatable bonds is 7. The zero-order chi connectivity index (χ0) is 17.6. The van der Waals surface area contributed by atoms with E-state index in [9.17, 15) is 0 Å². The summed E-state index contributed by atoms with van der Waals surface area (Å²) in [4.78, 5) is 0. The Labute approximate surface area is 149 Å². The van der Waals surface area contributed by atoms with Gasteiger partial charge in [0.25, 0.3) is 8.32 Å². The van der Waals surface area contributed by atoms with E-state index in [2.05, 4.69) is 95.3 Å². The van der Waals surface area contributed by atoms with Gasteiger partial charge in [-0.2, -0.15) is 0 Å². The molecule has 2 aromatic carbocycles. The quantitative estimate of drug-likeness (QED) is 0.509. The van der Waals surface area contributed by atoms with Crippen molar-refractivity contribution < 1.29 is 4.43 Å². The first-order chi connectivity index (χ1) is 11.4. The minimum Gasteiger partial charge on any atom is -0.407 e. The van der Waals surface area contributed by atoms with Gasteiger partial charge in [-0.3, -0.25) is 0 Å². The summed E-state index contributed by atoms with van der Waals surface area (Å²) < 4.78 is 6.86. The van der Waals surface area contributed by atoms with Crippen LogP contribution < -0.4 is 10.4 Å². The summed E-state index contributed by atoms with van der Waals surface area (Å²) in [5.41, 5.74) is 0. The number of hydrogen-bond acceptors (Lipinski definition) is 1. The van der Waals surface area contributed by atoms with E-state index < -0.39 is 8.32 Å².